The normalized spacial score (nSPS) is 21.6. The number of benzene rings is 3. The number of methoxy groups -OCH3 is 1. The molecule has 3 nitrogen and oxygen atoms in total. The predicted octanol–water partition coefficient (Wildman–Crippen LogP) is 7.34. The van der Waals surface area contributed by atoms with Crippen molar-refractivity contribution in [2.75, 3.05) is 12.4 Å². The molecule has 0 fully saturated rings. The van der Waals surface area contributed by atoms with Crippen molar-refractivity contribution in [3.05, 3.63) is 99.5 Å². The van der Waals surface area contributed by atoms with Gasteiger partial charge in [0.1, 0.15) is 5.75 Å². The van der Waals surface area contributed by atoms with Gasteiger partial charge in [-0.15, -0.1) is 0 Å². The quantitative estimate of drug-likeness (QED) is 0.318. The van der Waals surface area contributed by atoms with E-state index in [1.807, 2.05) is 24.4 Å². The highest BCUT2D eigenvalue weighted by Crippen LogP contribution is 2.50. The van der Waals surface area contributed by atoms with Crippen LogP contribution in [0.15, 0.2) is 82.3 Å². The lowest BCUT2D eigenvalue weighted by atomic mass is 9.76. The van der Waals surface area contributed by atoms with E-state index >= 15 is 0 Å². The van der Waals surface area contributed by atoms with Crippen LogP contribution in [0.25, 0.3) is 0 Å². The lowest BCUT2D eigenvalue weighted by Gasteiger charge is -2.37. The fourth-order valence-electron chi connectivity index (χ4n) is 4.72. The number of anilines is 1. The standard InChI is InChI=1S/C27H25BrN2O/c1-17-6-12-25-23(14-17)21-4-3-5-22(21)27(30-25)19-8-10-20(11-9-19)29-16-18-7-13-26(31-2)24(28)15-18/h3-4,6-16,21-22,27,30H,5H2,1-2H3/t21-,22+,27+/m1/s1. The van der Waals surface area contributed by atoms with E-state index in [-0.39, 0.29) is 0 Å². The first-order valence-corrected chi connectivity index (χ1v) is 11.4. The van der Waals surface area contributed by atoms with Crippen molar-refractivity contribution < 1.29 is 4.74 Å². The first kappa shape index (κ1) is 20.1. The highest BCUT2D eigenvalue weighted by atomic mass is 79.9. The Morgan fingerprint density at radius 1 is 1.06 bits per heavy atom. The first-order chi connectivity index (χ1) is 15.1. The summed E-state index contributed by atoms with van der Waals surface area (Å²) >= 11 is 3.53. The lowest BCUT2D eigenvalue weighted by Crippen LogP contribution is -2.29. The molecular weight excluding hydrogens is 448 g/mol. The molecule has 1 aliphatic carbocycles. The van der Waals surface area contributed by atoms with Crippen molar-refractivity contribution in [3.63, 3.8) is 0 Å². The maximum absolute atomic E-state index is 5.29. The predicted molar refractivity (Wildman–Crippen MR) is 132 cm³/mol. The number of aliphatic imine (C=N–C) groups is 1. The Kier molecular flexibility index (Phi) is 5.41. The van der Waals surface area contributed by atoms with Crippen LogP contribution in [0.3, 0.4) is 0 Å². The molecule has 0 saturated heterocycles. The van der Waals surface area contributed by atoms with Gasteiger partial charge in [0.15, 0.2) is 0 Å². The van der Waals surface area contributed by atoms with Gasteiger partial charge in [-0.2, -0.15) is 0 Å². The number of ether oxygens (including phenoxy) is 1. The Balaban J connectivity index is 1.36. The van der Waals surface area contributed by atoms with Crippen LogP contribution >= 0.6 is 15.9 Å². The summed E-state index contributed by atoms with van der Waals surface area (Å²) in [6.45, 7) is 2.17. The molecule has 3 aromatic carbocycles. The molecule has 0 aromatic heterocycles. The van der Waals surface area contributed by atoms with Gasteiger partial charge in [-0.1, -0.05) is 42.0 Å². The van der Waals surface area contributed by atoms with E-state index < -0.39 is 0 Å². The van der Waals surface area contributed by atoms with Gasteiger partial charge in [0, 0.05) is 17.8 Å². The first-order valence-electron chi connectivity index (χ1n) is 10.6. The molecule has 1 N–H and O–H groups in total. The molecule has 1 heterocycles. The van der Waals surface area contributed by atoms with E-state index in [4.69, 9.17) is 4.74 Å². The van der Waals surface area contributed by atoms with Crippen molar-refractivity contribution in [1.82, 2.24) is 0 Å². The number of nitrogens with zero attached hydrogens (tertiary/aromatic N) is 1. The molecule has 0 amide bonds. The molecule has 1 aliphatic heterocycles. The maximum Gasteiger partial charge on any atom is 0.133 e. The largest absolute Gasteiger partial charge is 0.496 e. The summed E-state index contributed by atoms with van der Waals surface area (Å²) in [6.07, 6.45) is 7.73. The summed E-state index contributed by atoms with van der Waals surface area (Å²) in [5, 5.41) is 3.81. The summed E-state index contributed by atoms with van der Waals surface area (Å²) in [4.78, 5) is 4.65. The third-order valence-corrected chi connectivity index (χ3v) is 6.93. The molecule has 0 radical (unpaired) electrons. The van der Waals surface area contributed by atoms with Crippen molar-refractivity contribution in [2.45, 2.75) is 25.3 Å². The van der Waals surface area contributed by atoms with E-state index in [9.17, 15) is 0 Å². The molecule has 0 saturated carbocycles. The Morgan fingerprint density at radius 2 is 1.90 bits per heavy atom. The minimum atomic E-state index is 0.311. The third-order valence-electron chi connectivity index (χ3n) is 6.31. The van der Waals surface area contributed by atoms with Crippen LogP contribution in [-0.2, 0) is 0 Å². The van der Waals surface area contributed by atoms with Crippen LogP contribution in [0.2, 0.25) is 0 Å². The van der Waals surface area contributed by atoms with Crippen molar-refractivity contribution in [3.8, 4) is 5.75 Å². The number of rotatable bonds is 4. The van der Waals surface area contributed by atoms with Crippen LogP contribution in [-0.4, -0.2) is 13.3 Å². The summed E-state index contributed by atoms with van der Waals surface area (Å²) in [7, 11) is 1.67. The van der Waals surface area contributed by atoms with Crippen LogP contribution in [0.5, 0.6) is 5.75 Å². The summed E-state index contributed by atoms with van der Waals surface area (Å²) in [5.74, 6) is 1.87. The van der Waals surface area contributed by atoms with Gasteiger partial charge >= 0.3 is 0 Å². The summed E-state index contributed by atoms with van der Waals surface area (Å²) in [6, 6.07) is 21.6. The second kappa shape index (κ2) is 8.35. The lowest BCUT2D eigenvalue weighted by molar-refractivity contribution is 0.412. The minimum Gasteiger partial charge on any atom is -0.496 e. The Labute approximate surface area is 192 Å². The van der Waals surface area contributed by atoms with E-state index in [1.165, 1.54) is 22.4 Å². The molecular formula is C27H25BrN2O. The Bertz CT molecular complexity index is 1170. The number of halogens is 1. The van der Waals surface area contributed by atoms with Gasteiger partial charge in [-0.25, -0.2) is 0 Å². The molecule has 3 aromatic rings. The summed E-state index contributed by atoms with van der Waals surface area (Å²) in [5.41, 5.74) is 7.30. The SMILES string of the molecule is COc1ccc(C=Nc2ccc([C@@H]3Nc4ccc(C)cc4[C@@H]4C=CC[C@@H]43)cc2)cc1Br. The molecule has 3 atom stereocenters. The van der Waals surface area contributed by atoms with Crippen molar-refractivity contribution in [1.29, 1.82) is 0 Å². The number of hydrogen-bond acceptors (Lipinski definition) is 3. The van der Waals surface area contributed by atoms with Gasteiger partial charge in [0.2, 0.25) is 0 Å². The van der Waals surface area contributed by atoms with E-state index in [1.54, 1.807) is 7.11 Å². The summed E-state index contributed by atoms with van der Waals surface area (Å²) < 4.78 is 6.21. The Hall–Kier alpha value is -2.85. The molecule has 0 bridgehead atoms. The molecule has 2 aliphatic rings. The van der Waals surface area contributed by atoms with Gasteiger partial charge in [0.25, 0.3) is 0 Å². The molecule has 5 rings (SSSR count). The zero-order valence-corrected chi connectivity index (χ0v) is 19.3. The van der Waals surface area contributed by atoms with E-state index in [0.29, 0.717) is 17.9 Å². The topological polar surface area (TPSA) is 33.6 Å². The second-order valence-corrected chi connectivity index (χ2v) is 9.16. The van der Waals surface area contributed by atoms with Crippen LogP contribution in [0, 0.1) is 12.8 Å². The molecule has 0 spiro atoms. The van der Waals surface area contributed by atoms with Gasteiger partial charge in [0.05, 0.1) is 23.3 Å². The van der Waals surface area contributed by atoms with Crippen molar-refractivity contribution in [2.24, 2.45) is 10.9 Å². The molecule has 156 valence electrons. The highest BCUT2D eigenvalue weighted by Gasteiger charge is 2.37. The number of allylic oxidation sites excluding steroid dienone is 2. The molecule has 0 unspecified atom stereocenters. The monoisotopic (exact) mass is 472 g/mol. The number of nitrogens with one attached hydrogen (secondary N) is 1. The second-order valence-electron chi connectivity index (χ2n) is 8.31. The average Bonchev–Trinajstić information content (AvgIpc) is 3.28. The third kappa shape index (κ3) is 3.92. The smallest absolute Gasteiger partial charge is 0.133 e. The average molecular weight is 473 g/mol. The fraction of sp³-hybridized carbons (Fsp3) is 0.222. The minimum absolute atomic E-state index is 0.311. The zero-order chi connectivity index (χ0) is 21.4. The van der Waals surface area contributed by atoms with E-state index in [2.05, 4.69) is 87.8 Å². The number of aryl methyl sites for hydroxylation is 1. The van der Waals surface area contributed by atoms with Gasteiger partial charge in [-0.05, 0) is 88.3 Å². The van der Waals surface area contributed by atoms with E-state index in [0.717, 1.165) is 27.9 Å². The highest BCUT2D eigenvalue weighted by molar-refractivity contribution is 9.10. The molecule has 4 heteroatoms. The number of hydrogen-bond donors (Lipinski definition) is 1. The van der Waals surface area contributed by atoms with Crippen LogP contribution in [0.1, 0.15) is 40.6 Å². The van der Waals surface area contributed by atoms with Crippen LogP contribution < -0.4 is 10.1 Å². The van der Waals surface area contributed by atoms with Crippen molar-refractivity contribution >= 4 is 33.5 Å². The number of fused-ring (bicyclic) bond motifs is 3. The van der Waals surface area contributed by atoms with Crippen LogP contribution in [0.4, 0.5) is 11.4 Å². The van der Waals surface area contributed by atoms with Gasteiger partial charge in [-0.3, -0.25) is 4.99 Å². The van der Waals surface area contributed by atoms with Gasteiger partial charge < -0.3 is 10.1 Å². The fourth-order valence-corrected chi connectivity index (χ4v) is 5.28. The Morgan fingerprint density at radius 3 is 2.68 bits per heavy atom. The maximum atomic E-state index is 5.29. The molecule has 31 heavy (non-hydrogen) atoms. The zero-order valence-electron chi connectivity index (χ0n) is 17.7.